The summed E-state index contributed by atoms with van der Waals surface area (Å²) < 4.78 is 0. The van der Waals surface area contributed by atoms with E-state index in [4.69, 9.17) is 5.11 Å². The van der Waals surface area contributed by atoms with Crippen LogP contribution in [0.25, 0.3) is 0 Å². The Balaban J connectivity index is 3.20. The van der Waals surface area contributed by atoms with Gasteiger partial charge in [-0.3, -0.25) is 4.79 Å². The zero-order valence-electron chi connectivity index (χ0n) is 15.7. The Labute approximate surface area is 149 Å². The molecule has 0 aliphatic rings. The second kappa shape index (κ2) is 19.7. The molecular formula is C22H38O2. The Morgan fingerprint density at radius 2 is 1.12 bits per heavy atom. The van der Waals surface area contributed by atoms with Crippen molar-refractivity contribution in [1.29, 1.82) is 0 Å². The summed E-state index contributed by atoms with van der Waals surface area (Å²) in [6.45, 7) is 2.24. The molecule has 0 heterocycles. The molecule has 0 saturated heterocycles. The summed E-state index contributed by atoms with van der Waals surface area (Å²) in [5, 5.41) is 8.50. The molecular weight excluding hydrogens is 296 g/mol. The second-order valence-corrected chi connectivity index (χ2v) is 6.44. The molecule has 0 aliphatic carbocycles. The molecule has 2 nitrogen and oxygen atoms in total. The van der Waals surface area contributed by atoms with E-state index in [1.165, 1.54) is 70.6 Å². The molecule has 0 atom stereocenters. The third-order valence-electron chi connectivity index (χ3n) is 4.03. The molecule has 1 N–H and O–H groups in total. The van der Waals surface area contributed by atoms with E-state index in [0.29, 0.717) is 0 Å². The van der Waals surface area contributed by atoms with Crippen LogP contribution in [0.5, 0.6) is 0 Å². The molecule has 0 unspecified atom stereocenters. The molecule has 0 aromatic carbocycles. The van der Waals surface area contributed by atoms with Gasteiger partial charge in [-0.1, -0.05) is 81.9 Å². The highest BCUT2D eigenvalue weighted by molar-refractivity contribution is 5.68. The van der Waals surface area contributed by atoms with Crippen LogP contribution in [0.1, 0.15) is 96.8 Å². The van der Waals surface area contributed by atoms with Crippen molar-refractivity contribution in [3.05, 3.63) is 36.5 Å². The number of hydrogen-bond donors (Lipinski definition) is 1. The first-order valence-corrected chi connectivity index (χ1v) is 9.94. The highest BCUT2D eigenvalue weighted by atomic mass is 16.4. The highest BCUT2D eigenvalue weighted by Crippen LogP contribution is 2.09. The lowest BCUT2D eigenvalue weighted by Gasteiger charge is -1.99. The molecule has 0 spiro atoms. The van der Waals surface area contributed by atoms with Gasteiger partial charge in [-0.25, -0.2) is 0 Å². The van der Waals surface area contributed by atoms with Gasteiger partial charge in [0.05, 0.1) is 6.42 Å². The summed E-state index contributed by atoms with van der Waals surface area (Å²) in [7, 11) is 0. The number of hydrogen-bond acceptors (Lipinski definition) is 1. The predicted octanol–water partition coefficient (Wildman–Crippen LogP) is 7.22. The maximum absolute atomic E-state index is 10.3. The molecule has 138 valence electrons. The Morgan fingerprint density at radius 3 is 1.62 bits per heavy atom. The zero-order valence-corrected chi connectivity index (χ0v) is 15.7. The molecule has 0 aliphatic heterocycles. The minimum Gasteiger partial charge on any atom is -0.481 e. The number of allylic oxidation sites excluding steroid dienone is 5. The first-order chi connectivity index (χ1) is 11.8. The summed E-state index contributed by atoms with van der Waals surface area (Å²) in [6.07, 6.45) is 29.3. The summed E-state index contributed by atoms with van der Waals surface area (Å²) in [5.74, 6) is -0.747. The van der Waals surface area contributed by atoms with Crippen molar-refractivity contribution >= 4 is 5.97 Å². The van der Waals surface area contributed by atoms with Crippen molar-refractivity contribution in [3.8, 4) is 0 Å². The van der Waals surface area contributed by atoms with Gasteiger partial charge < -0.3 is 5.11 Å². The van der Waals surface area contributed by atoms with Crippen molar-refractivity contribution in [2.75, 3.05) is 0 Å². The van der Waals surface area contributed by atoms with Crippen molar-refractivity contribution in [2.45, 2.75) is 96.8 Å². The zero-order chi connectivity index (χ0) is 17.7. The van der Waals surface area contributed by atoms with E-state index in [1.54, 1.807) is 6.08 Å². The number of carboxylic acids is 1. The van der Waals surface area contributed by atoms with E-state index in [2.05, 4.69) is 31.2 Å². The van der Waals surface area contributed by atoms with Crippen molar-refractivity contribution in [3.63, 3.8) is 0 Å². The molecule has 0 saturated carbocycles. The van der Waals surface area contributed by atoms with Crippen LogP contribution in [-0.2, 0) is 4.79 Å². The standard InChI is InChI=1S/C22H38O2/c1-2-3-4-5-6-7-8-9-10-11-12-13-14-15-16-17-18-19-20-21-22(23)24/h6-7,9-10,19-20H,2-5,8,11-18,21H2,1H3,(H,23,24)/b7-6-,10-9-,20-19+. The fourth-order valence-electron chi connectivity index (χ4n) is 2.55. The van der Waals surface area contributed by atoms with Crippen LogP contribution in [0.4, 0.5) is 0 Å². The molecule has 0 bridgehead atoms. The summed E-state index contributed by atoms with van der Waals surface area (Å²) >= 11 is 0. The van der Waals surface area contributed by atoms with Gasteiger partial charge in [-0.2, -0.15) is 0 Å². The maximum Gasteiger partial charge on any atom is 0.307 e. The minimum absolute atomic E-state index is 0.155. The summed E-state index contributed by atoms with van der Waals surface area (Å²) in [5.41, 5.74) is 0. The number of unbranched alkanes of at least 4 members (excludes halogenated alkanes) is 10. The first kappa shape index (κ1) is 22.7. The van der Waals surface area contributed by atoms with E-state index in [-0.39, 0.29) is 6.42 Å². The van der Waals surface area contributed by atoms with Gasteiger partial charge >= 0.3 is 5.97 Å². The lowest BCUT2D eigenvalue weighted by Crippen LogP contribution is -1.89. The fraction of sp³-hybridized carbons (Fsp3) is 0.682. The third kappa shape index (κ3) is 20.7. The smallest absolute Gasteiger partial charge is 0.307 e. The lowest BCUT2D eigenvalue weighted by molar-refractivity contribution is -0.136. The lowest BCUT2D eigenvalue weighted by atomic mass is 10.1. The molecule has 24 heavy (non-hydrogen) atoms. The maximum atomic E-state index is 10.3. The SMILES string of the molecule is CCCCC/C=C\C/C=C\CCCCCCCC/C=C/CC(=O)O. The van der Waals surface area contributed by atoms with Crippen molar-refractivity contribution < 1.29 is 9.90 Å². The number of carbonyl (C=O) groups is 1. The third-order valence-corrected chi connectivity index (χ3v) is 4.03. The van der Waals surface area contributed by atoms with Crippen LogP contribution in [0, 0.1) is 0 Å². The van der Waals surface area contributed by atoms with E-state index in [1.807, 2.05) is 6.08 Å². The highest BCUT2D eigenvalue weighted by Gasteiger charge is 1.91. The number of carboxylic acid groups (broad SMARTS) is 1. The Kier molecular flexibility index (Phi) is 18.7. The molecule has 0 radical (unpaired) electrons. The van der Waals surface area contributed by atoms with E-state index < -0.39 is 5.97 Å². The fourth-order valence-corrected chi connectivity index (χ4v) is 2.55. The van der Waals surface area contributed by atoms with Gasteiger partial charge in [0.1, 0.15) is 0 Å². The van der Waals surface area contributed by atoms with Gasteiger partial charge in [0.15, 0.2) is 0 Å². The molecule has 0 rings (SSSR count). The number of rotatable bonds is 17. The normalized spacial score (nSPS) is 12.0. The second-order valence-electron chi connectivity index (χ2n) is 6.44. The molecule has 0 aromatic rings. The van der Waals surface area contributed by atoms with Crippen molar-refractivity contribution in [1.82, 2.24) is 0 Å². The van der Waals surface area contributed by atoms with E-state index >= 15 is 0 Å². The van der Waals surface area contributed by atoms with Crippen LogP contribution in [0.2, 0.25) is 0 Å². The molecule has 2 heteroatoms. The van der Waals surface area contributed by atoms with E-state index in [9.17, 15) is 4.79 Å². The summed E-state index contributed by atoms with van der Waals surface area (Å²) in [4.78, 5) is 10.3. The van der Waals surface area contributed by atoms with Crippen molar-refractivity contribution in [2.24, 2.45) is 0 Å². The van der Waals surface area contributed by atoms with Gasteiger partial charge in [0.2, 0.25) is 0 Å². The van der Waals surface area contributed by atoms with E-state index in [0.717, 1.165) is 12.8 Å². The van der Waals surface area contributed by atoms with Gasteiger partial charge in [0.25, 0.3) is 0 Å². The Morgan fingerprint density at radius 1 is 0.667 bits per heavy atom. The van der Waals surface area contributed by atoms with Crippen LogP contribution in [-0.4, -0.2) is 11.1 Å². The van der Waals surface area contributed by atoms with Gasteiger partial charge in [-0.05, 0) is 44.9 Å². The van der Waals surface area contributed by atoms with Gasteiger partial charge in [-0.15, -0.1) is 0 Å². The van der Waals surface area contributed by atoms with Crippen LogP contribution >= 0.6 is 0 Å². The average Bonchev–Trinajstić information content (AvgIpc) is 2.56. The molecule has 0 fully saturated rings. The van der Waals surface area contributed by atoms with Crippen LogP contribution < -0.4 is 0 Å². The first-order valence-electron chi connectivity index (χ1n) is 9.94. The largest absolute Gasteiger partial charge is 0.481 e. The monoisotopic (exact) mass is 334 g/mol. The van der Waals surface area contributed by atoms with Crippen LogP contribution in [0.15, 0.2) is 36.5 Å². The predicted molar refractivity (Wildman–Crippen MR) is 105 cm³/mol. The molecule has 0 aromatic heterocycles. The molecule has 0 amide bonds. The quantitative estimate of drug-likeness (QED) is 0.225. The Bertz CT molecular complexity index is 353. The Hall–Kier alpha value is -1.31. The number of aliphatic carboxylic acids is 1. The average molecular weight is 335 g/mol. The summed E-state index contributed by atoms with van der Waals surface area (Å²) in [6, 6.07) is 0. The van der Waals surface area contributed by atoms with Crippen LogP contribution in [0.3, 0.4) is 0 Å². The topological polar surface area (TPSA) is 37.3 Å². The minimum atomic E-state index is -0.747. The van der Waals surface area contributed by atoms with Gasteiger partial charge in [0, 0.05) is 0 Å².